The van der Waals surface area contributed by atoms with Gasteiger partial charge in [-0.2, -0.15) is 0 Å². The van der Waals surface area contributed by atoms with Crippen LogP contribution in [0.25, 0.3) is 11.1 Å². The van der Waals surface area contributed by atoms with Crippen molar-refractivity contribution in [2.45, 2.75) is 19.3 Å². The van der Waals surface area contributed by atoms with Crippen LogP contribution in [-0.2, 0) is 0 Å². The summed E-state index contributed by atoms with van der Waals surface area (Å²) in [6.45, 7) is 2.45. The quantitative estimate of drug-likeness (QED) is 0.836. The summed E-state index contributed by atoms with van der Waals surface area (Å²) in [6, 6.07) is 11.9. The van der Waals surface area contributed by atoms with Gasteiger partial charge >= 0.3 is 6.09 Å². The van der Waals surface area contributed by atoms with Crippen molar-refractivity contribution in [2.75, 3.05) is 24.5 Å². The molecule has 0 spiro atoms. The summed E-state index contributed by atoms with van der Waals surface area (Å²) in [5.74, 6) is 1.57. The number of carbonyl (C=O) groups is 1. The van der Waals surface area contributed by atoms with Gasteiger partial charge in [0.05, 0.1) is 0 Å². The number of nitrogens with zero attached hydrogens (tertiary/aromatic N) is 2. The van der Waals surface area contributed by atoms with E-state index in [4.69, 9.17) is 16.7 Å². The largest absolute Gasteiger partial charge is 0.465 e. The van der Waals surface area contributed by atoms with E-state index in [0.29, 0.717) is 12.5 Å². The number of amides is 1. The lowest BCUT2D eigenvalue weighted by molar-refractivity contribution is 0.193. The smallest absolute Gasteiger partial charge is 0.404 e. The van der Waals surface area contributed by atoms with Crippen LogP contribution in [0.15, 0.2) is 42.6 Å². The van der Waals surface area contributed by atoms with Gasteiger partial charge in [0.25, 0.3) is 0 Å². The third-order valence-electron chi connectivity index (χ3n) is 4.67. The number of benzene rings is 1. The molecule has 2 heterocycles. The van der Waals surface area contributed by atoms with E-state index in [2.05, 4.69) is 27.3 Å². The Hall–Kier alpha value is -2.27. The number of halogens is 1. The topological polar surface area (TPSA) is 65.5 Å². The molecule has 3 rings (SSSR count). The zero-order chi connectivity index (χ0) is 17.6. The molecule has 0 bridgehead atoms. The molecule has 1 aromatic carbocycles. The van der Waals surface area contributed by atoms with Crippen LogP contribution in [0.3, 0.4) is 0 Å². The van der Waals surface area contributed by atoms with Crippen molar-refractivity contribution in [3.05, 3.63) is 47.6 Å². The molecule has 1 saturated heterocycles. The van der Waals surface area contributed by atoms with Crippen molar-refractivity contribution in [3.63, 3.8) is 0 Å². The number of hydrogen-bond acceptors (Lipinski definition) is 3. The van der Waals surface area contributed by atoms with E-state index < -0.39 is 6.09 Å². The van der Waals surface area contributed by atoms with Crippen LogP contribution < -0.4 is 10.2 Å². The number of nitrogens with one attached hydrogen (secondary N) is 1. The summed E-state index contributed by atoms with van der Waals surface area (Å²) in [5.41, 5.74) is 2.12. The maximum atomic E-state index is 10.5. The molecule has 0 radical (unpaired) electrons. The molecule has 132 valence electrons. The number of hydrogen-bond donors (Lipinski definition) is 2. The van der Waals surface area contributed by atoms with Gasteiger partial charge < -0.3 is 15.3 Å². The molecule has 1 aliphatic rings. The Bertz CT molecular complexity index is 713. The third-order valence-corrected chi connectivity index (χ3v) is 4.91. The predicted octanol–water partition coefficient (Wildman–Crippen LogP) is 4.28. The first kappa shape index (κ1) is 17.5. The van der Waals surface area contributed by atoms with Gasteiger partial charge in [0.2, 0.25) is 0 Å². The number of pyridine rings is 1. The highest BCUT2D eigenvalue weighted by atomic mass is 35.5. The maximum absolute atomic E-state index is 10.5. The first-order chi connectivity index (χ1) is 12.1. The van der Waals surface area contributed by atoms with E-state index in [1.165, 1.54) is 0 Å². The second kappa shape index (κ2) is 8.21. The number of carboxylic acid groups (broad SMARTS) is 1. The van der Waals surface area contributed by atoms with Crippen LogP contribution in [0, 0.1) is 5.92 Å². The summed E-state index contributed by atoms with van der Waals surface area (Å²) in [5, 5.41) is 11.8. The molecule has 1 fully saturated rings. The third kappa shape index (κ3) is 4.86. The summed E-state index contributed by atoms with van der Waals surface area (Å²) >= 11 is 6.05. The molecule has 2 aromatic rings. The first-order valence-corrected chi connectivity index (χ1v) is 8.93. The fourth-order valence-electron chi connectivity index (χ4n) is 3.25. The summed E-state index contributed by atoms with van der Waals surface area (Å²) in [7, 11) is 0. The van der Waals surface area contributed by atoms with Crippen molar-refractivity contribution in [3.8, 4) is 11.1 Å². The van der Waals surface area contributed by atoms with Crippen LogP contribution in [0.4, 0.5) is 10.6 Å². The molecular weight excluding hydrogens is 338 g/mol. The van der Waals surface area contributed by atoms with Gasteiger partial charge in [-0.1, -0.05) is 23.7 Å². The number of piperidine rings is 1. The highest BCUT2D eigenvalue weighted by Gasteiger charge is 2.20. The highest BCUT2D eigenvalue weighted by Crippen LogP contribution is 2.26. The van der Waals surface area contributed by atoms with Crippen LogP contribution in [0.5, 0.6) is 0 Å². The van der Waals surface area contributed by atoms with Crippen molar-refractivity contribution >= 4 is 23.5 Å². The van der Waals surface area contributed by atoms with E-state index in [0.717, 1.165) is 54.3 Å². The lowest BCUT2D eigenvalue weighted by atomic mass is 9.93. The van der Waals surface area contributed by atoms with Gasteiger partial charge in [-0.3, -0.25) is 0 Å². The average Bonchev–Trinajstić information content (AvgIpc) is 2.62. The predicted molar refractivity (Wildman–Crippen MR) is 100 cm³/mol. The minimum atomic E-state index is -0.943. The molecule has 5 nitrogen and oxygen atoms in total. The number of anilines is 1. The fourth-order valence-corrected chi connectivity index (χ4v) is 3.44. The maximum Gasteiger partial charge on any atom is 0.404 e. The highest BCUT2D eigenvalue weighted by molar-refractivity contribution is 6.30. The molecule has 1 aromatic heterocycles. The van der Waals surface area contributed by atoms with Gasteiger partial charge in [-0.25, -0.2) is 9.78 Å². The van der Waals surface area contributed by atoms with E-state index in [-0.39, 0.29) is 0 Å². The van der Waals surface area contributed by atoms with Gasteiger partial charge in [0, 0.05) is 36.4 Å². The normalized spacial score (nSPS) is 15.2. The van der Waals surface area contributed by atoms with Crippen LogP contribution >= 0.6 is 11.6 Å². The summed E-state index contributed by atoms with van der Waals surface area (Å²) in [6.07, 6.45) is 3.99. The van der Waals surface area contributed by atoms with Crippen molar-refractivity contribution in [1.29, 1.82) is 0 Å². The SMILES string of the molecule is O=C(O)NCCC1CCN(c2ccc(-c3cccc(Cl)c3)cn2)CC1. The molecule has 0 saturated carbocycles. The van der Waals surface area contributed by atoms with E-state index in [9.17, 15) is 4.79 Å². The van der Waals surface area contributed by atoms with Gasteiger partial charge in [0.1, 0.15) is 5.82 Å². The van der Waals surface area contributed by atoms with Crippen molar-refractivity contribution in [1.82, 2.24) is 10.3 Å². The molecule has 0 atom stereocenters. The van der Waals surface area contributed by atoms with E-state index in [1.807, 2.05) is 30.5 Å². The Kier molecular flexibility index (Phi) is 5.76. The first-order valence-electron chi connectivity index (χ1n) is 8.55. The number of rotatable bonds is 5. The fraction of sp³-hybridized carbons (Fsp3) is 0.368. The van der Waals surface area contributed by atoms with Gasteiger partial charge in [-0.15, -0.1) is 0 Å². The van der Waals surface area contributed by atoms with Gasteiger partial charge in [0.15, 0.2) is 0 Å². The van der Waals surface area contributed by atoms with Crippen molar-refractivity contribution in [2.24, 2.45) is 5.92 Å². The minimum absolute atomic E-state index is 0.534. The molecule has 6 heteroatoms. The lowest BCUT2D eigenvalue weighted by Gasteiger charge is -2.32. The van der Waals surface area contributed by atoms with Gasteiger partial charge in [-0.05, 0) is 55.0 Å². The van der Waals surface area contributed by atoms with E-state index >= 15 is 0 Å². The lowest BCUT2D eigenvalue weighted by Crippen LogP contribution is -2.35. The monoisotopic (exact) mass is 359 g/mol. The minimum Gasteiger partial charge on any atom is -0.465 e. The van der Waals surface area contributed by atoms with Crippen LogP contribution in [0.1, 0.15) is 19.3 Å². The number of aromatic nitrogens is 1. The molecule has 1 amide bonds. The second-order valence-electron chi connectivity index (χ2n) is 6.37. The molecule has 0 unspecified atom stereocenters. The molecule has 2 N–H and O–H groups in total. The molecule has 1 aliphatic heterocycles. The molecular formula is C19H22ClN3O2. The van der Waals surface area contributed by atoms with Crippen molar-refractivity contribution < 1.29 is 9.90 Å². The molecule has 25 heavy (non-hydrogen) atoms. The van der Waals surface area contributed by atoms with Crippen LogP contribution in [-0.4, -0.2) is 35.8 Å². The second-order valence-corrected chi connectivity index (χ2v) is 6.80. The van der Waals surface area contributed by atoms with E-state index in [1.54, 1.807) is 0 Å². The zero-order valence-electron chi connectivity index (χ0n) is 14.0. The Labute approximate surface area is 152 Å². The standard InChI is InChI=1S/C19H22ClN3O2/c20-17-3-1-2-15(12-17)16-4-5-18(22-13-16)23-10-7-14(8-11-23)6-9-21-19(24)25/h1-5,12-14,21H,6-11H2,(H,24,25). The Balaban J connectivity index is 1.54. The zero-order valence-corrected chi connectivity index (χ0v) is 14.7. The Morgan fingerprint density at radius 3 is 2.68 bits per heavy atom. The summed E-state index contributed by atoms with van der Waals surface area (Å²) < 4.78 is 0. The Morgan fingerprint density at radius 1 is 1.24 bits per heavy atom. The average molecular weight is 360 g/mol. The van der Waals surface area contributed by atoms with Crippen LogP contribution in [0.2, 0.25) is 5.02 Å². The molecule has 0 aliphatic carbocycles. The summed E-state index contributed by atoms with van der Waals surface area (Å²) in [4.78, 5) is 17.4. The Morgan fingerprint density at radius 2 is 2.04 bits per heavy atom.